The second-order valence-electron chi connectivity index (χ2n) is 5.42. The molecule has 0 saturated heterocycles. The zero-order valence-corrected chi connectivity index (χ0v) is 13.1. The predicted molar refractivity (Wildman–Crippen MR) is 77.2 cm³/mol. The Morgan fingerprint density at radius 1 is 1.25 bits per heavy atom. The van der Waals surface area contributed by atoms with Crippen molar-refractivity contribution in [2.24, 2.45) is 0 Å². The minimum Gasteiger partial charge on any atom is -0.480 e. The van der Waals surface area contributed by atoms with Gasteiger partial charge in [-0.3, -0.25) is 4.79 Å². The zero-order chi connectivity index (χ0) is 15.6. The molecule has 0 radical (unpaired) electrons. The Bertz CT molecular complexity index is 576. The molecule has 0 aliphatic heterocycles. The number of likely N-dealkylation sites (N-methyl/N-ethyl adjacent to an activating group) is 1. The van der Waals surface area contributed by atoms with E-state index in [1.165, 1.54) is 19.2 Å². The number of benzene rings is 1. The smallest absolute Gasteiger partial charge is 0.318 e. The van der Waals surface area contributed by atoms with Gasteiger partial charge in [0.05, 0.1) is 4.90 Å². The number of aliphatic carboxylic acids is 1. The first-order valence-corrected chi connectivity index (χ1v) is 7.84. The van der Waals surface area contributed by atoms with Gasteiger partial charge in [-0.15, -0.1) is 0 Å². The number of carboxylic acids is 1. The van der Waals surface area contributed by atoms with Crippen molar-refractivity contribution in [2.75, 3.05) is 13.6 Å². The van der Waals surface area contributed by atoms with E-state index in [9.17, 15) is 13.2 Å². The molecule has 0 amide bonds. The molecule has 1 aromatic carbocycles. The molecule has 0 heterocycles. The van der Waals surface area contributed by atoms with Gasteiger partial charge >= 0.3 is 5.97 Å². The van der Waals surface area contributed by atoms with E-state index < -0.39 is 22.5 Å². The molecule has 5 nitrogen and oxygen atoms in total. The van der Waals surface area contributed by atoms with E-state index in [0.717, 1.165) is 16.3 Å². The molecule has 20 heavy (non-hydrogen) atoms. The number of sulfonamides is 1. The zero-order valence-electron chi connectivity index (χ0n) is 12.3. The fourth-order valence-electron chi connectivity index (χ4n) is 1.74. The average molecular weight is 299 g/mol. The lowest BCUT2D eigenvalue weighted by molar-refractivity contribution is -0.137. The van der Waals surface area contributed by atoms with Gasteiger partial charge in [0, 0.05) is 7.05 Å². The summed E-state index contributed by atoms with van der Waals surface area (Å²) < 4.78 is 25.2. The van der Waals surface area contributed by atoms with Crippen molar-refractivity contribution in [1.82, 2.24) is 4.31 Å². The summed E-state index contributed by atoms with van der Waals surface area (Å²) in [5, 5.41) is 8.67. The van der Waals surface area contributed by atoms with Gasteiger partial charge in [-0.25, -0.2) is 8.42 Å². The Balaban J connectivity index is 3.07. The van der Waals surface area contributed by atoms with E-state index in [4.69, 9.17) is 5.11 Å². The van der Waals surface area contributed by atoms with E-state index in [2.05, 4.69) is 20.8 Å². The highest BCUT2D eigenvalue weighted by molar-refractivity contribution is 7.89. The monoisotopic (exact) mass is 299 g/mol. The molecule has 0 aliphatic carbocycles. The maximum absolute atomic E-state index is 12.2. The van der Waals surface area contributed by atoms with Gasteiger partial charge in [0.1, 0.15) is 6.54 Å². The molecule has 0 aliphatic rings. The summed E-state index contributed by atoms with van der Waals surface area (Å²) in [4.78, 5) is 10.7. The Hall–Kier alpha value is -1.40. The van der Waals surface area contributed by atoms with Gasteiger partial charge in [-0.2, -0.15) is 4.31 Å². The van der Waals surface area contributed by atoms with Crippen LogP contribution in [0.4, 0.5) is 0 Å². The van der Waals surface area contributed by atoms with Crippen molar-refractivity contribution in [3.8, 4) is 0 Å². The second-order valence-corrected chi connectivity index (χ2v) is 7.46. The molecule has 1 aromatic rings. The number of nitrogens with zero attached hydrogens (tertiary/aromatic N) is 1. The summed E-state index contributed by atoms with van der Waals surface area (Å²) in [7, 11) is -2.49. The molecule has 112 valence electrons. The minimum atomic E-state index is -3.75. The standard InChI is InChI=1S/C14H21NO4S/c1-5-14(2,3)11-6-8-12(9-7-11)20(18,19)15(4)10-13(16)17/h6-9H,5,10H2,1-4H3,(H,16,17). The van der Waals surface area contributed by atoms with Crippen molar-refractivity contribution >= 4 is 16.0 Å². The summed E-state index contributed by atoms with van der Waals surface area (Å²) in [5.41, 5.74) is 1.04. The molecule has 0 fully saturated rings. The van der Waals surface area contributed by atoms with Gasteiger partial charge in [0.15, 0.2) is 0 Å². The lowest BCUT2D eigenvalue weighted by atomic mass is 9.82. The van der Waals surface area contributed by atoms with Crippen LogP contribution in [0.1, 0.15) is 32.8 Å². The third-order valence-electron chi connectivity index (χ3n) is 3.59. The molecule has 0 aromatic heterocycles. The summed E-state index contributed by atoms with van der Waals surface area (Å²) in [5.74, 6) is -1.18. The molecule has 0 spiro atoms. The second kappa shape index (κ2) is 5.93. The van der Waals surface area contributed by atoms with E-state index in [-0.39, 0.29) is 10.3 Å². The topological polar surface area (TPSA) is 74.7 Å². The highest BCUT2D eigenvalue weighted by Crippen LogP contribution is 2.27. The van der Waals surface area contributed by atoms with Gasteiger partial charge in [0.2, 0.25) is 10.0 Å². The fourth-order valence-corrected chi connectivity index (χ4v) is 2.86. The van der Waals surface area contributed by atoms with Gasteiger partial charge in [0.25, 0.3) is 0 Å². The number of hydrogen-bond acceptors (Lipinski definition) is 3. The van der Waals surface area contributed by atoms with Crippen LogP contribution in [0.2, 0.25) is 0 Å². The Morgan fingerprint density at radius 3 is 2.15 bits per heavy atom. The van der Waals surface area contributed by atoms with Crippen molar-refractivity contribution in [2.45, 2.75) is 37.5 Å². The fraction of sp³-hybridized carbons (Fsp3) is 0.500. The van der Waals surface area contributed by atoms with Crippen molar-refractivity contribution < 1.29 is 18.3 Å². The first kappa shape index (κ1) is 16.7. The first-order chi connectivity index (χ1) is 9.11. The van der Waals surface area contributed by atoms with Crippen molar-refractivity contribution in [1.29, 1.82) is 0 Å². The number of carbonyl (C=O) groups is 1. The maximum atomic E-state index is 12.2. The summed E-state index contributed by atoms with van der Waals surface area (Å²) in [6.07, 6.45) is 0.942. The Labute approximate surface area is 120 Å². The molecule has 1 rings (SSSR count). The minimum absolute atomic E-state index is 0.0186. The van der Waals surface area contributed by atoms with Crippen LogP contribution in [-0.2, 0) is 20.2 Å². The largest absolute Gasteiger partial charge is 0.480 e. The van der Waals surface area contributed by atoms with E-state index >= 15 is 0 Å². The van der Waals surface area contributed by atoms with Gasteiger partial charge in [-0.05, 0) is 29.5 Å². The number of carboxylic acid groups (broad SMARTS) is 1. The Kier molecular flexibility index (Phi) is 4.94. The average Bonchev–Trinajstić information content (AvgIpc) is 2.38. The van der Waals surface area contributed by atoms with Crippen LogP contribution < -0.4 is 0 Å². The van der Waals surface area contributed by atoms with Crippen molar-refractivity contribution in [3.05, 3.63) is 29.8 Å². The lowest BCUT2D eigenvalue weighted by Gasteiger charge is -2.23. The van der Waals surface area contributed by atoms with Crippen LogP contribution in [0.25, 0.3) is 0 Å². The molecule has 0 unspecified atom stereocenters. The SMILES string of the molecule is CCC(C)(C)c1ccc(S(=O)(=O)N(C)CC(=O)O)cc1. The quantitative estimate of drug-likeness (QED) is 0.872. The highest BCUT2D eigenvalue weighted by atomic mass is 32.2. The van der Waals surface area contributed by atoms with E-state index in [0.29, 0.717) is 0 Å². The van der Waals surface area contributed by atoms with Crippen LogP contribution in [-0.4, -0.2) is 37.4 Å². The van der Waals surface area contributed by atoms with Crippen LogP contribution in [0.3, 0.4) is 0 Å². The molecule has 6 heteroatoms. The highest BCUT2D eigenvalue weighted by Gasteiger charge is 2.24. The van der Waals surface area contributed by atoms with E-state index in [1.807, 2.05) is 0 Å². The third kappa shape index (κ3) is 3.58. The summed E-state index contributed by atoms with van der Waals surface area (Å²) >= 11 is 0. The van der Waals surface area contributed by atoms with E-state index in [1.54, 1.807) is 12.1 Å². The third-order valence-corrected chi connectivity index (χ3v) is 5.40. The van der Waals surface area contributed by atoms with Crippen LogP contribution >= 0.6 is 0 Å². The number of hydrogen-bond donors (Lipinski definition) is 1. The summed E-state index contributed by atoms with van der Waals surface area (Å²) in [6.45, 7) is 5.70. The molecule has 0 saturated carbocycles. The maximum Gasteiger partial charge on any atom is 0.318 e. The predicted octanol–water partition coefficient (Wildman–Crippen LogP) is 2.08. The van der Waals surface area contributed by atoms with Crippen molar-refractivity contribution in [3.63, 3.8) is 0 Å². The van der Waals surface area contributed by atoms with Gasteiger partial charge < -0.3 is 5.11 Å². The molecular formula is C14H21NO4S. The molecular weight excluding hydrogens is 278 g/mol. The van der Waals surface area contributed by atoms with Crippen LogP contribution in [0.5, 0.6) is 0 Å². The lowest BCUT2D eigenvalue weighted by Crippen LogP contribution is -2.32. The first-order valence-electron chi connectivity index (χ1n) is 6.40. The normalized spacial score (nSPS) is 12.7. The molecule has 1 N–H and O–H groups in total. The van der Waals surface area contributed by atoms with Crippen LogP contribution in [0.15, 0.2) is 29.2 Å². The number of rotatable bonds is 6. The summed E-state index contributed by atoms with van der Waals surface area (Å²) in [6, 6.07) is 6.62. The van der Waals surface area contributed by atoms with Crippen LogP contribution in [0, 0.1) is 0 Å². The van der Waals surface area contributed by atoms with Gasteiger partial charge in [-0.1, -0.05) is 32.9 Å². The molecule has 0 bridgehead atoms. The molecule has 0 atom stereocenters. The Morgan fingerprint density at radius 2 is 1.75 bits per heavy atom.